The topological polar surface area (TPSA) is 101 Å². The van der Waals surface area contributed by atoms with Gasteiger partial charge in [-0.3, -0.25) is 14.6 Å². The maximum absolute atomic E-state index is 12.4. The van der Waals surface area contributed by atoms with Gasteiger partial charge in [-0.25, -0.2) is 4.98 Å². The Bertz CT molecular complexity index is 749. The Balaban J connectivity index is 1.44. The van der Waals surface area contributed by atoms with Gasteiger partial charge < -0.3 is 16.0 Å². The van der Waals surface area contributed by atoms with Gasteiger partial charge in [-0.15, -0.1) is 11.3 Å². The number of anilines is 1. The monoisotopic (exact) mass is 373 g/mol. The first-order chi connectivity index (χ1) is 12.6. The van der Waals surface area contributed by atoms with E-state index >= 15 is 0 Å². The van der Waals surface area contributed by atoms with Crippen molar-refractivity contribution < 1.29 is 9.59 Å². The molecule has 1 atom stereocenters. The Labute approximate surface area is 156 Å². The maximum Gasteiger partial charge on any atom is 0.224 e. The molecule has 0 aromatic carbocycles. The van der Waals surface area contributed by atoms with E-state index in [0.717, 1.165) is 24.2 Å². The molecule has 0 bridgehead atoms. The number of nitrogen functional groups attached to an aromatic ring is 1. The van der Waals surface area contributed by atoms with Gasteiger partial charge in [0.1, 0.15) is 0 Å². The largest absolute Gasteiger partial charge is 0.375 e. The highest BCUT2D eigenvalue weighted by atomic mass is 32.1. The van der Waals surface area contributed by atoms with Gasteiger partial charge in [0, 0.05) is 31.1 Å². The number of nitrogens with two attached hydrogens (primary N) is 1. The summed E-state index contributed by atoms with van der Waals surface area (Å²) in [4.78, 5) is 34.8. The van der Waals surface area contributed by atoms with E-state index < -0.39 is 0 Å². The minimum absolute atomic E-state index is 0.0151. The first-order valence-electron chi connectivity index (χ1n) is 8.77. The quantitative estimate of drug-likeness (QED) is 0.718. The van der Waals surface area contributed by atoms with E-state index in [4.69, 9.17) is 5.73 Å². The maximum atomic E-state index is 12.4. The van der Waals surface area contributed by atoms with E-state index in [2.05, 4.69) is 15.3 Å². The van der Waals surface area contributed by atoms with Crippen LogP contribution in [0.5, 0.6) is 0 Å². The summed E-state index contributed by atoms with van der Waals surface area (Å²) in [5, 5.41) is 5.50. The molecule has 0 spiro atoms. The first kappa shape index (κ1) is 18.3. The van der Waals surface area contributed by atoms with Crippen LogP contribution in [0.25, 0.3) is 0 Å². The molecule has 1 aliphatic heterocycles. The molecule has 3 N–H and O–H groups in total. The summed E-state index contributed by atoms with van der Waals surface area (Å²) in [7, 11) is 0. The summed E-state index contributed by atoms with van der Waals surface area (Å²) in [5.74, 6) is -0.0616. The number of carbonyl (C=O) groups is 2. The van der Waals surface area contributed by atoms with Crippen LogP contribution in [0.1, 0.15) is 30.7 Å². The van der Waals surface area contributed by atoms with Crippen molar-refractivity contribution in [2.45, 2.75) is 32.2 Å². The molecular weight excluding hydrogens is 350 g/mol. The number of aromatic nitrogens is 2. The highest BCUT2D eigenvalue weighted by Crippen LogP contribution is 2.19. The summed E-state index contributed by atoms with van der Waals surface area (Å²) in [6, 6.07) is 5.64. The summed E-state index contributed by atoms with van der Waals surface area (Å²) >= 11 is 1.43. The summed E-state index contributed by atoms with van der Waals surface area (Å²) in [5.41, 5.74) is 7.41. The van der Waals surface area contributed by atoms with Crippen LogP contribution in [0.4, 0.5) is 5.13 Å². The number of hydrogen-bond acceptors (Lipinski definition) is 6. The van der Waals surface area contributed by atoms with Crippen molar-refractivity contribution in [1.82, 2.24) is 20.2 Å². The van der Waals surface area contributed by atoms with Crippen LogP contribution in [-0.2, 0) is 22.6 Å². The molecule has 0 aliphatic carbocycles. The molecule has 138 valence electrons. The molecule has 2 aromatic heterocycles. The van der Waals surface area contributed by atoms with E-state index in [1.807, 2.05) is 23.6 Å². The van der Waals surface area contributed by atoms with Crippen molar-refractivity contribution in [3.8, 4) is 0 Å². The van der Waals surface area contributed by atoms with E-state index in [-0.39, 0.29) is 17.7 Å². The van der Waals surface area contributed by atoms with Gasteiger partial charge in [-0.05, 0) is 31.4 Å². The van der Waals surface area contributed by atoms with Crippen LogP contribution in [0.2, 0.25) is 0 Å². The van der Waals surface area contributed by atoms with E-state index in [1.165, 1.54) is 11.3 Å². The molecule has 26 heavy (non-hydrogen) atoms. The minimum atomic E-state index is -0.161. The summed E-state index contributed by atoms with van der Waals surface area (Å²) < 4.78 is 0. The van der Waals surface area contributed by atoms with Crippen LogP contribution in [-0.4, -0.2) is 39.8 Å². The van der Waals surface area contributed by atoms with Crippen LogP contribution in [0.3, 0.4) is 0 Å². The van der Waals surface area contributed by atoms with Crippen LogP contribution < -0.4 is 11.1 Å². The Morgan fingerprint density at radius 1 is 1.38 bits per heavy atom. The highest BCUT2D eigenvalue weighted by molar-refractivity contribution is 7.13. The lowest BCUT2D eigenvalue weighted by Gasteiger charge is -2.31. The average Bonchev–Trinajstić information content (AvgIpc) is 3.06. The number of thiazole rings is 1. The second-order valence-electron chi connectivity index (χ2n) is 6.40. The molecular formula is C18H23N5O2S. The van der Waals surface area contributed by atoms with Gasteiger partial charge in [0.2, 0.25) is 11.8 Å². The van der Waals surface area contributed by atoms with E-state index in [9.17, 15) is 9.59 Å². The fraction of sp³-hybridized carbons (Fsp3) is 0.444. The number of carbonyl (C=O) groups excluding carboxylic acids is 2. The van der Waals surface area contributed by atoms with Crippen molar-refractivity contribution in [3.05, 3.63) is 41.2 Å². The lowest BCUT2D eigenvalue weighted by Crippen LogP contribution is -2.45. The number of nitrogens with one attached hydrogen (secondary N) is 1. The number of amides is 2. The molecule has 3 rings (SSSR count). The molecule has 1 fully saturated rings. The van der Waals surface area contributed by atoms with E-state index in [1.54, 1.807) is 11.1 Å². The standard InChI is InChI=1S/C18H23N5O2S/c19-18-22-15(12-26-18)5-3-9-21-17(25)13-6-7-16(24)23(10-13)11-14-4-1-2-8-20-14/h1-2,4,8,12-13H,3,5-7,9-11H2,(H2,19,22)(H,21,25). The predicted octanol–water partition coefficient (Wildman–Crippen LogP) is 1.61. The summed E-state index contributed by atoms with van der Waals surface area (Å²) in [6.45, 7) is 1.50. The lowest BCUT2D eigenvalue weighted by molar-refractivity contribution is -0.138. The number of aryl methyl sites for hydroxylation is 1. The summed E-state index contributed by atoms with van der Waals surface area (Å²) in [6.07, 6.45) is 4.33. The van der Waals surface area contributed by atoms with Gasteiger partial charge >= 0.3 is 0 Å². The fourth-order valence-corrected chi connectivity index (χ4v) is 3.63. The molecule has 1 unspecified atom stereocenters. The highest BCUT2D eigenvalue weighted by Gasteiger charge is 2.30. The first-order valence-corrected chi connectivity index (χ1v) is 9.65. The SMILES string of the molecule is Nc1nc(CCCNC(=O)C2CCC(=O)N(Cc3ccccn3)C2)cs1. The van der Waals surface area contributed by atoms with Gasteiger partial charge in [-0.2, -0.15) is 0 Å². The third-order valence-corrected chi connectivity index (χ3v) is 5.15. The fourth-order valence-electron chi connectivity index (χ4n) is 3.03. The normalized spacial score (nSPS) is 17.3. The van der Waals surface area contributed by atoms with Gasteiger partial charge in [-0.1, -0.05) is 6.07 Å². The van der Waals surface area contributed by atoms with Crippen molar-refractivity contribution in [3.63, 3.8) is 0 Å². The van der Waals surface area contributed by atoms with Gasteiger partial charge in [0.15, 0.2) is 5.13 Å². The number of pyridine rings is 1. The molecule has 2 aromatic rings. The number of hydrogen-bond donors (Lipinski definition) is 2. The number of likely N-dealkylation sites (tertiary alicyclic amines) is 1. The number of nitrogens with zero attached hydrogens (tertiary/aromatic N) is 3. The van der Waals surface area contributed by atoms with Crippen molar-refractivity contribution in [2.75, 3.05) is 18.8 Å². The Hall–Kier alpha value is -2.48. The van der Waals surface area contributed by atoms with Crippen LogP contribution in [0.15, 0.2) is 29.8 Å². The number of rotatable bonds is 7. The molecule has 0 radical (unpaired) electrons. The molecule has 0 saturated carbocycles. The minimum Gasteiger partial charge on any atom is -0.375 e. The molecule has 3 heterocycles. The molecule has 1 aliphatic rings. The predicted molar refractivity (Wildman–Crippen MR) is 100 cm³/mol. The smallest absolute Gasteiger partial charge is 0.224 e. The molecule has 2 amide bonds. The lowest BCUT2D eigenvalue weighted by atomic mass is 9.96. The Morgan fingerprint density at radius 3 is 3.00 bits per heavy atom. The zero-order valence-electron chi connectivity index (χ0n) is 14.6. The van der Waals surface area contributed by atoms with Crippen molar-refractivity contribution in [2.24, 2.45) is 5.92 Å². The van der Waals surface area contributed by atoms with E-state index in [0.29, 0.717) is 37.6 Å². The van der Waals surface area contributed by atoms with Crippen molar-refractivity contribution >= 4 is 28.3 Å². The molecule has 1 saturated heterocycles. The molecule has 8 heteroatoms. The van der Waals surface area contributed by atoms with Crippen molar-refractivity contribution in [1.29, 1.82) is 0 Å². The third-order valence-electron chi connectivity index (χ3n) is 4.43. The molecule has 7 nitrogen and oxygen atoms in total. The zero-order chi connectivity index (χ0) is 18.4. The zero-order valence-corrected chi connectivity index (χ0v) is 15.4. The van der Waals surface area contributed by atoms with Gasteiger partial charge in [0.05, 0.1) is 23.9 Å². The second kappa shape index (κ2) is 8.75. The third kappa shape index (κ3) is 5.01. The van der Waals surface area contributed by atoms with Crippen LogP contribution >= 0.6 is 11.3 Å². The Morgan fingerprint density at radius 2 is 2.27 bits per heavy atom. The average molecular weight is 373 g/mol. The van der Waals surface area contributed by atoms with Gasteiger partial charge in [0.25, 0.3) is 0 Å². The second-order valence-corrected chi connectivity index (χ2v) is 7.29. The number of piperidine rings is 1. The Kier molecular flexibility index (Phi) is 6.17. The van der Waals surface area contributed by atoms with Crippen LogP contribution in [0, 0.1) is 5.92 Å².